The summed E-state index contributed by atoms with van der Waals surface area (Å²) in [6, 6.07) is 9.30. The Kier molecular flexibility index (Phi) is 5.14. The van der Waals surface area contributed by atoms with Crippen LogP contribution in [0.1, 0.15) is 44.0 Å². The van der Waals surface area contributed by atoms with Crippen molar-refractivity contribution in [3.63, 3.8) is 0 Å². The van der Waals surface area contributed by atoms with E-state index >= 15 is 0 Å². The predicted molar refractivity (Wildman–Crippen MR) is 76.6 cm³/mol. The van der Waals surface area contributed by atoms with Crippen LogP contribution < -0.4 is 5.32 Å². The van der Waals surface area contributed by atoms with Crippen molar-refractivity contribution in [3.8, 4) is 0 Å². The van der Waals surface area contributed by atoms with Gasteiger partial charge >= 0.3 is 0 Å². The van der Waals surface area contributed by atoms with Gasteiger partial charge in [0.05, 0.1) is 0 Å². The van der Waals surface area contributed by atoms with Crippen LogP contribution in [0, 0.1) is 5.41 Å². The van der Waals surface area contributed by atoms with Crippen LogP contribution in [0.3, 0.4) is 0 Å². The van der Waals surface area contributed by atoms with Crippen LogP contribution in [0.4, 0.5) is 0 Å². The molecular formula is C16H23NO. The molecule has 0 aliphatic rings. The zero-order valence-corrected chi connectivity index (χ0v) is 11.6. The first kappa shape index (κ1) is 14.5. The Hall–Kier alpha value is -1.57. The van der Waals surface area contributed by atoms with Crippen molar-refractivity contribution < 1.29 is 4.79 Å². The second-order valence-corrected chi connectivity index (χ2v) is 5.58. The van der Waals surface area contributed by atoms with E-state index in [1.165, 1.54) is 5.57 Å². The molecule has 1 amide bonds. The minimum absolute atomic E-state index is 0.00280. The maximum Gasteiger partial charge on any atom is 0.251 e. The fourth-order valence-electron chi connectivity index (χ4n) is 1.57. The first-order valence-electron chi connectivity index (χ1n) is 6.43. The lowest BCUT2D eigenvalue weighted by Crippen LogP contribution is -2.24. The van der Waals surface area contributed by atoms with Gasteiger partial charge in [0.1, 0.15) is 0 Å². The van der Waals surface area contributed by atoms with Crippen LogP contribution in [0.2, 0.25) is 0 Å². The van der Waals surface area contributed by atoms with Gasteiger partial charge < -0.3 is 5.32 Å². The minimum atomic E-state index is -0.00280. The second-order valence-electron chi connectivity index (χ2n) is 5.58. The molecule has 0 heterocycles. The van der Waals surface area contributed by atoms with Crippen molar-refractivity contribution in [2.45, 2.75) is 33.6 Å². The van der Waals surface area contributed by atoms with Crippen molar-refractivity contribution in [1.29, 1.82) is 0 Å². The number of nitrogens with one attached hydrogen (secondary N) is 1. The molecule has 0 spiro atoms. The number of rotatable bonds is 5. The molecule has 1 aromatic rings. The van der Waals surface area contributed by atoms with Crippen molar-refractivity contribution in [2.24, 2.45) is 5.41 Å². The highest BCUT2D eigenvalue weighted by Gasteiger charge is 2.14. The van der Waals surface area contributed by atoms with Gasteiger partial charge in [0.25, 0.3) is 5.91 Å². The van der Waals surface area contributed by atoms with E-state index in [4.69, 9.17) is 0 Å². The summed E-state index contributed by atoms with van der Waals surface area (Å²) < 4.78 is 0. The van der Waals surface area contributed by atoms with Gasteiger partial charge in [-0.15, -0.1) is 0 Å². The third-order valence-corrected chi connectivity index (χ3v) is 3.04. The maximum absolute atomic E-state index is 11.8. The molecule has 2 nitrogen and oxygen atoms in total. The first-order valence-corrected chi connectivity index (χ1v) is 6.43. The molecule has 0 aromatic heterocycles. The maximum atomic E-state index is 11.8. The molecule has 0 radical (unpaired) electrons. The van der Waals surface area contributed by atoms with E-state index in [2.05, 4.69) is 32.7 Å². The quantitative estimate of drug-likeness (QED) is 0.620. The monoisotopic (exact) mass is 245 g/mol. The molecule has 0 unspecified atom stereocenters. The van der Waals surface area contributed by atoms with Gasteiger partial charge in [-0.3, -0.25) is 4.79 Å². The Bertz CT molecular complexity index is 401. The molecule has 1 N–H and O–H groups in total. The second kappa shape index (κ2) is 6.39. The van der Waals surface area contributed by atoms with E-state index in [1.54, 1.807) is 0 Å². The molecule has 2 heteroatoms. The standard InChI is InChI=1S/C16H23NO/c1-13(16(2,3)4)9-8-12-17-15(18)14-10-6-5-7-11-14/h5-7,10-11H,1,8-9,12H2,2-4H3,(H,17,18). The third kappa shape index (κ3) is 4.74. The first-order chi connectivity index (χ1) is 8.41. The molecule has 18 heavy (non-hydrogen) atoms. The van der Waals surface area contributed by atoms with Crippen molar-refractivity contribution in [3.05, 3.63) is 48.0 Å². The SMILES string of the molecule is C=C(CCCNC(=O)c1ccccc1)C(C)(C)C. The summed E-state index contributed by atoms with van der Waals surface area (Å²) in [5.41, 5.74) is 2.10. The molecule has 0 fully saturated rings. The topological polar surface area (TPSA) is 29.1 Å². The molecule has 0 atom stereocenters. The number of carbonyl (C=O) groups is 1. The molecule has 0 aliphatic heterocycles. The molecule has 1 aromatic carbocycles. The number of benzene rings is 1. The van der Waals surface area contributed by atoms with Crippen LogP contribution in [-0.4, -0.2) is 12.5 Å². The molecule has 0 saturated carbocycles. The van der Waals surface area contributed by atoms with Gasteiger partial charge in [-0.25, -0.2) is 0 Å². The zero-order valence-electron chi connectivity index (χ0n) is 11.6. The fraction of sp³-hybridized carbons (Fsp3) is 0.438. The van der Waals surface area contributed by atoms with Crippen molar-refractivity contribution >= 4 is 5.91 Å². The van der Waals surface area contributed by atoms with E-state index in [-0.39, 0.29) is 11.3 Å². The number of carbonyl (C=O) groups excluding carboxylic acids is 1. The Morgan fingerprint density at radius 3 is 2.39 bits per heavy atom. The highest BCUT2D eigenvalue weighted by Crippen LogP contribution is 2.26. The largest absolute Gasteiger partial charge is 0.352 e. The number of hydrogen-bond acceptors (Lipinski definition) is 1. The summed E-state index contributed by atoms with van der Waals surface area (Å²) in [5.74, 6) is -0.00280. The van der Waals surface area contributed by atoms with Gasteiger partial charge in [0.2, 0.25) is 0 Å². The van der Waals surface area contributed by atoms with Crippen LogP contribution in [-0.2, 0) is 0 Å². The Morgan fingerprint density at radius 2 is 1.83 bits per heavy atom. The average Bonchev–Trinajstić information content (AvgIpc) is 2.34. The molecular weight excluding hydrogens is 222 g/mol. The molecule has 0 aliphatic carbocycles. The lowest BCUT2D eigenvalue weighted by atomic mass is 9.85. The van der Waals surface area contributed by atoms with Crippen LogP contribution >= 0.6 is 0 Å². The lowest BCUT2D eigenvalue weighted by Gasteiger charge is -2.21. The minimum Gasteiger partial charge on any atom is -0.352 e. The number of allylic oxidation sites excluding steroid dienone is 1. The molecule has 0 saturated heterocycles. The third-order valence-electron chi connectivity index (χ3n) is 3.04. The van der Waals surface area contributed by atoms with E-state index < -0.39 is 0 Å². The lowest BCUT2D eigenvalue weighted by molar-refractivity contribution is 0.0953. The van der Waals surface area contributed by atoms with Crippen molar-refractivity contribution in [1.82, 2.24) is 5.32 Å². The highest BCUT2D eigenvalue weighted by molar-refractivity contribution is 5.94. The van der Waals surface area contributed by atoms with Gasteiger partial charge in [-0.05, 0) is 30.4 Å². The summed E-state index contributed by atoms with van der Waals surface area (Å²) in [6.45, 7) is 11.3. The summed E-state index contributed by atoms with van der Waals surface area (Å²) in [6.07, 6.45) is 1.90. The summed E-state index contributed by atoms with van der Waals surface area (Å²) >= 11 is 0. The van der Waals surface area contributed by atoms with Crippen LogP contribution in [0.25, 0.3) is 0 Å². The van der Waals surface area contributed by atoms with Crippen LogP contribution in [0.5, 0.6) is 0 Å². The zero-order chi connectivity index (χ0) is 13.6. The summed E-state index contributed by atoms with van der Waals surface area (Å²) in [7, 11) is 0. The van der Waals surface area contributed by atoms with E-state index in [1.807, 2.05) is 30.3 Å². The predicted octanol–water partition coefficient (Wildman–Crippen LogP) is 3.80. The normalized spacial score (nSPS) is 11.1. The molecule has 1 rings (SSSR count). The highest BCUT2D eigenvalue weighted by atomic mass is 16.1. The van der Waals surface area contributed by atoms with Crippen molar-refractivity contribution in [2.75, 3.05) is 6.54 Å². The summed E-state index contributed by atoms with van der Waals surface area (Å²) in [5, 5.41) is 2.93. The van der Waals surface area contributed by atoms with E-state index in [0.29, 0.717) is 12.1 Å². The molecule has 98 valence electrons. The van der Waals surface area contributed by atoms with Gasteiger partial charge in [0.15, 0.2) is 0 Å². The van der Waals surface area contributed by atoms with Gasteiger partial charge in [0, 0.05) is 12.1 Å². The fourth-order valence-corrected chi connectivity index (χ4v) is 1.57. The van der Waals surface area contributed by atoms with Crippen LogP contribution in [0.15, 0.2) is 42.5 Å². The van der Waals surface area contributed by atoms with E-state index in [9.17, 15) is 4.79 Å². The number of amides is 1. The van der Waals surface area contributed by atoms with E-state index in [0.717, 1.165) is 12.8 Å². The Morgan fingerprint density at radius 1 is 1.22 bits per heavy atom. The Balaban J connectivity index is 2.27. The Labute approximate surface area is 110 Å². The van der Waals surface area contributed by atoms with Gasteiger partial charge in [-0.2, -0.15) is 0 Å². The number of hydrogen-bond donors (Lipinski definition) is 1. The smallest absolute Gasteiger partial charge is 0.251 e. The summed E-state index contributed by atoms with van der Waals surface area (Å²) in [4.78, 5) is 11.8. The average molecular weight is 245 g/mol. The van der Waals surface area contributed by atoms with Gasteiger partial charge in [-0.1, -0.05) is 51.1 Å². The molecule has 0 bridgehead atoms.